The number of nitrogens with one attached hydrogen (secondary N) is 2. The van der Waals surface area contributed by atoms with Gasteiger partial charge in [0.05, 0.1) is 9.82 Å². The number of rotatable bonds is 5. The molecule has 1 aliphatic heterocycles. The SMILES string of the molecule is CCc1ccc([N+](=O)[O-])cc1S(=O)(=O)NC1CCNCC1. The average Bonchev–Trinajstić information content (AvgIpc) is 2.47. The molecule has 0 saturated carbocycles. The number of nitro benzene ring substituents is 1. The fraction of sp³-hybridized carbons (Fsp3) is 0.538. The Hall–Kier alpha value is -1.51. The third-order valence-corrected chi connectivity index (χ3v) is 5.20. The fourth-order valence-electron chi connectivity index (χ4n) is 2.42. The lowest BCUT2D eigenvalue weighted by atomic mass is 10.1. The second-order valence-corrected chi connectivity index (χ2v) is 6.73. The predicted molar refractivity (Wildman–Crippen MR) is 78.7 cm³/mol. The summed E-state index contributed by atoms with van der Waals surface area (Å²) < 4.78 is 27.7. The first-order chi connectivity index (χ1) is 9.94. The van der Waals surface area contributed by atoms with Gasteiger partial charge >= 0.3 is 0 Å². The highest BCUT2D eigenvalue weighted by Gasteiger charge is 2.25. The maximum Gasteiger partial charge on any atom is 0.270 e. The van der Waals surface area contributed by atoms with Gasteiger partial charge < -0.3 is 5.32 Å². The van der Waals surface area contributed by atoms with Crippen LogP contribution < -0.4 is 10.0 Å². The average molecular weight is 313 g/mol. The molecule has 21 heavy (non-hydrogen) atoms. The van der Waals surface area contributed by atoms with Crippen LogP contribution in [0.2, 0.25) is 0 Å². The van der Waals surface area contributed by atoms with Gasteiger partial charge in [-0.2, -0.15) is 0 Å². The van der Waals surface area contributed by atoms with E-state index in [9.17, 15) is 18.5 Å². The molecule has 116 valence electrons. The molecule has 1 heterocycles. The summed E-state index contributed by atoms with van der Waals surface area (Å²) in [6, 6.07) is 3.86. The van der Waals surface area contributed by atoms with E-state index in [4.69, 9.17) is 0 Å². The number of sulfonamides is 1. The van der Waals surface area contributed by atoms with Crippen LogP contribution in [-0.2, 0) is 16.4 Å². The molecule has 0 aromatic heterocycles. The first-order valence-corrected chi connectivity index (χ1v) is 8.42. The Morgan fingerprint density at radius 3 is 2.62 bits per heavy atom. The van der Waals surface area contributed by atoms with Gasteiger partial charge in [-0.1, -0.05) is 13.0 Å². The van der Waals surface area contributed by atoms with Gasteiger partial charge in [-0.25, -0.2) is 13.1 Å². The minimum absolute atomic E-state index is 0.0118. The van der Waals surface area contributed by atoms with E-state index < -0.39 is 14.9 Å². The second kappa shape index (κ2) is 6.50. The van der Waals surface area contributed by atoms with E-state index in [-0.39, 0.29) is 16.6 Å². The summed E-state index contributed by atoms with van der Waals surface area (Å²) >= 11 is 0. The summed E-state index contributed by atoms with van der Waals surface area (Å²) in [7, 11) is -3.74. The standard InChI is InChI=1S/C13H19N3O4S/c1-2-10-3-4-12(16(17)18)9-13(10)21(19,20)15-11-5-7-14-8-6-11/h3-4,9,11,14-15H,2,5-8H2,1H3. The third kappa shape index (κ3) is 3.78. The number of aryl methyl sites for hydroxylation is 1. The molecule has 1 aromatic rings. The van der Waals surface area contributed by atoms with Gasteiger partial charge in [0.2, 0.25) is 10.0 Å². The zero-order valence-corrected chi connectivity index (χ0v) is 12.6. The zero-order valence-electron chi connectivity index (χ0n) is 11.8. The molecule has 1 fully saturated rings. The minimum Gasteiger partial charge on any atom is -0.317 e. The first kappa shape index (κ1) is 15.9. The van der Waals surface area contributed by atoms with Crippen LogP contribution in [0.15, 0.2) is 23.1 Å². The molecule has 1 aliphatic rings. The molecule has 0 bridgehead atoms. The van der Waals surface area contributed by atoms with E-state index in [1.165, 1.54) is 12.1 Å². The third-order valence-electron chi connectivity index (χ3n) is 3.59. The Bertz CT molecular complexity index is 624. The fourth-order valence-corrected chi connectivity index (χ4v) is 4.06. The van der Waals surface area contributed by atoms with Crippen molar-refractivity contribution < 1.29 is 13.3 Å². The van der Waals surface area contributed by atoms with Crippen molar-refractivity contribution >= 4 is 15.7 Å². The summed E-state index contributed by atoms with van der Waals surface area (Å²) in [5, 5.41) is 14.0. The van der Waals surface area contributed by atoms with Gasteiger partial charge in [0.1, 0.15) is 0 Å². The molecule has 1 saturated heterocycles. The predicted octanol–water partition coefficient (Wildman–Crippen LogP) is 1.19. The van der Waals surface area contributed by atoms with E-state index in [2.05, 4.69) is 10.0 Å². The molecule has 1 aromatic carbocycles. The summed E-state index contributed by atoms with van der Waals surface area (Å²) in [6.45, 7) is 3.36. The molecular weight excluding hydrogens is 294 g/mol. The van der Waals surface area contributed by atoms with E-state index >= 15 is 0 Å². The molecule has 2 rings (SSSR count). The van der Waals surface area contributed by atoms with E-state index in [1.54, 1.807) is 0 Å². The largest absolute Gasteiger partial charge is 0.317 e. The highest BCUT2D eigenvalue weighted by Crippen LogP contribution is 2.23. The Kier molecular flexibility index (Phi) is 4.92. The number of benzene rings is 1. The molecule has 0 radical (unpaired) electrons. The molecule has 0 atom stereocenters. The normalized spacial score (nSPS) is 16.8. The molecule has 0 aliphatic carbocycles. The lowest BCUT2D eigenvalue weighted by Gasteiger charge is -2.24. The van der Waals surface area contributed by atoms with Crippen molar-refractivity contribution in [3.8, 4) is 0 Å². The highest BCUT2D eigenvalue weighted by atomic mass is 32.2. The van der Waals surface area contributed by atoms with E-state index in [1.807, 2.05) is 6.92 Å². The number of hydrogen-bond acceptors (Lipinski definition) is 5. The van der Waals surface area contributed by atoms with Gasteiger partial charge in [0, 0.05) is 18.2 Å². The quantitative estimate of drug-likeness (QED) is 0.628. The summed E-state index contributed by atoms with van der Waals surface area (Å²) in [4.78, 5) is 10.3. The van der Waals surface area contributed by atoms with Crippen LogP contribution in [0.5, 0.6) is 0 Å². The topological polar surface area (TPSA) is 101 Å². The number of nitrogens with zero attached hydrogens (tertiary/aromatic N) is 1. The highest BCUT2D eigenvalue weighted by molar-refractivity contribution is 7.89. The number of non-ortho nitro benzene ring substituents is 1. The first-order valence-electron chi connectivity index (χ1n) is 6.94. The monoisotopic (exact) mass is 313 g/mol. The van der Waals surface area contributed by atoms with Gasteiger partial charge in [0.25, 0.3) is 5.69 Å². The number of nitro groups is 1. The molecule has 7 nitrogen and oxygen atoms in total. The molecule has 2 N–H and O–H groups in total. The van der Waals surface area contributed by atoms with Gasteiger partial charge in [-0.3, -0.25) is 10.1 Å². The Morgan fingerprint density at radius 2 is 2.05 bits per heavy atom. The Labute approximate surface area is 123 Å². The smallest absolute Gasteiger partial charge is 0.270 e. The maximum atomic E-state index is 12.5. The van der Waals surface area contributed by atoms with Crippen LogP contribution in [-0.4, -0.2) is 32.5 Å². The Morgan fingerprint density at radius 1 is 1.38 bits per heavy atom. The second-order valence-electron chi connectivity index (χ2n) is 5.05. The van der Waals surface area contributed by atoms with Crippen LogP contribution in [0.3, 0.4) is 0 Å². The summed E-state index contributed by atoms with van der Waals surface area (Å²) in [5.41, 5.74) is 0.375. The van der Waals surface area contributed by atoms with Crippen molar-refractivity contribution in [1.82, 2.24) is 10.0 Å². The van der Waals surface area contributed by atoms with Crippen molar-refractivity contribution in [2.75, 3.05) is 13.1 Å². The van der Waals surface area contributed by atoms with Crippen molar-refractivity contribution in [1.29, 1.82) is 0 Å². The zero-order chi connectivity index (χ0) is 15.5. The maximum absolute atomic E-state index is 12.5. The number of hydrogen-bond donors (Lipinski definition) is 2. The van der Waals surface area contributed by atoms with Crippen LogP contribution >= 0.6 is 0 Å². The van der Waals surface area contributed by atoms with Crippen molar-refractivity contribution in [2.24, 2.45) is 0 Å². The summed E-state index contributed by atoms with van der Waals surface area (Å²) in [6.07, 6.45) is 1.94. The van der Waals surface area contributed by atoms with Gasteiger partial charge in [-0.15, -0.1) is 0 Å². The molecule has 0 unspecified atom stereocenters. The Balaban J connectivity index is 2.32. The number of piperidine rings is 1. The van der Waals surface area contributed by atoms with Gasteiger partial charge in [0.15, 0.2) is 0 Å². The molecule has 0 spiro atoms. The lowest BCUT2D eigenvalue weighted by Crippen LogP contribution is -2.42. The van der Waals surface area contributed by atoms with Crippen LogP contribution in [0.25, 0.3) is 0 Å². The molecular formula is C13H19N3O4S. The van der Waals surface area contributed by atoms with Crippen LogP contribution in [0.4, 0.5) is 5.69 Å². The van der Waals surface area contributed by atoms with Crippen LogP contribution in [0.1, 0.15) is 25.3 Å². The van der Waals surface area contributed by atoms with E-state index in [0.717, 1.165) is 32.0 Å². The molecule has 8 heteroatoms. The lowest BCUT2D eigenvalue weighted by molar-refractivity contribution is -0.385. The minimum atomic E-state index is -3.74. The van der Waals surface area contributed by atoms with Gasteiger partial charge in [-0.05, 0) is 37.9 Å². The van der Waals surface area contributed by atoms with Crippen molar-refractivity contribution in [3.05, 3.63) is 33.9 Å². The van der Waals surface area contributed by atoms with Crippen LogP contribution in [0, 0.1) is 10.1 Å². The van der Waals surface area contributed by atoms with E-state index in [0.29, 0.717) is 12.0 Å². The summed E-state index contributed by atoms with van der Waals surface area (Å²) in [5.74, 6) is 0. The molecule has 0 amide bonds. The van der Waals surface area contributed by atoms with Crippen molar-refractivity contribution in [3.63, 3.8) is 0 Å². The van der Waals surface area contributed by atoms with Crippen molar-refractivity contribution in [2.45, 2.75) is 37.1 Å².